The van der Waals surface area contributed by atoms with Crippen molar-refractivity contribution in [1.29, 1.82) is 0 Å². The third kappa shape index (κ3) is 4.16. The average molecular weight is 364 g/mol. The van der Waals surface area contributed by atoms with E-state index in [0.29, 0.717) is 11.3 Å². The van der Waals surface area contributed by atoms with Crippen LogP contribution in [-0.2, 0) is 0 Å². The summed E-state index contributed by atoms with van der Waals surface area (Å²) in [5, 5.41) is 4.49. The van der Waals surface area contributed by atoms with Crippen LogP contribution in [0.5, 0.6) is 5.75 Å². The van der Waals surface area contributed by atoms with Crippen LogP contribution in [0, 0.1) is 5.82 Å². The molecule has 0 aliphatic carbocycles. The highest BCUT2D eigenvalue weighted by molar-refractivity contribution is 7.14. The summed E-state index contributed by atoms with van der Waals surface area (Å²) in [6.45, 7) is -2.95. The predicted octanol–water partition coefficient (Wildman–Crippen LogP) is 4.80. The smallest absolute Gasteiger partial charge is 0.387 e. The van der Waals surface area contributed by atoms with Crippen molar-refractivity contribution in [3.05, 3.63) is 65.3 Å². The minimum atomic E-state index is -2.95. The maximum Gasteiger partial charge on any atom is 0.387 e. The Morgan fingerprint density at radius 3 is 2.56 bits per heavy atom. The highest BCUT2D eigenvalue weighted by Gasteiger charge is 2.14. The molecule has 0 bridgehead atoms. The predicted molar refractivity (Wildman–Crippen MR) is 88.5 cm³/mol. The minimum Gasteiger partial charge on any atom is -0.434 e. The number of ether oxygens (including phenoxy) is 1. The van der Waals surface area contributed by atoms with Gasteiger partial charge in [-0.2, -0.15) is 8.78 Å². The fourth-order valence-corrected chi connectivity index (χ4v) is 2.81. The van der Waals surface area contributed by atoms with Gasteiger partial charge in [-0.25, -0.2) is 9.37 Å². The number of carbonyl (C=O) groups excluding carboxylic acids is 1. The van der Waals surface area contributed by atoms with Crippen molar-refractivity contribution >= 4 is 22.4 Å². The van der Waals surface area contributed by atoms with Gasteiger partial charge in [0, 0.05) is 16.5 Å². The van der Waals surface area contributed by atoms with Crippen LogP contribution in [0.25, 0.3) is 11.3 Å². The van der Waals surface area contributed by atoms with Gasteiger partial charge in [0.05, 0.1) is 5.69 Å². The van der Waals surface area contributed by atoms with Gasteiger partial charge in [-0.15, -0.1) is 11.3 Å². The second kappa shape index (κ2) is 7.35. The number of anilines is 1. The first-order valence-electron chi connectivity index (χ1n) is 7.09. The lowest BCUT2D eigenvalue weighted by atomic mass is 10.1. The average Bonchev–Trinajstić information content (AvgIpc) is 3.03. The molecule has 0 radical (unpaired) electrons. The minimum absolute atomic E-state index is 0.000730. The van der Waals surface area contributed by atoms with Crippen molar-refractivity contribution in [3.63, 3.8) is 0 Å². The number of amides is 1. The van der Waals surface area contributed by atoms with Crippen LogP contribution < -0.4 is 10.1 Å². The van der Waals surface area contributed by atoms with Crippen molar-refractivity contribution in [2.75, 3.05) is 5.32 Å². The van der Waals surface area contributed by atoms with E-state index in [4.69, 9.17) is 0 Å². The SMILES string of the molecule is O=C(Nc1nc(-c2ccccc2OC(F)F)cs1)c1ccc(F)cc1. The summed E-state index contributed by atoms with van der Waals surface area (Å²) < 4.78 is 42.3. The molecule has 1 aromatic heterocycles. The molecule has 0 aliphatic heterocycles. The quantitative estimate of drug-likeness (QED) is 0.707. The van der Waals surface area contributed by atoms with Crippen LogP contribution in [0.2, 0.25) is 0 Å². The fourth-order valence-electron chi connectivity index (χ4n) is 2.10. The molecule has 3 rings (SSSR count). The maximum absolute atomic E-state index is 12.9. The molecule has 0 spiro atoms. The lowest BCUT2D eigenvalue weighted by Gasteiger charge is -2.08. The zero-order valence-corrected chi connectivity index (χ0v) is 13.4. The molecule has 0 aliphatic rings. The van der Waals surface area contributed by atoms with E-state index in [1.807, 2.05) is 0 Å². The first-order chi connectivity index (χ1) is 12.0. The molecule has 0 atom stereocenters. The summed E-state index contributed by atoms with van der Waals surface area (Å²) in [7, 11) is 0. The lowest BCUT2D eigenvalue weighted by Crippen LogP contribution is -2.11. The summed E-state index contributed by atoms with van der Waals surface area (Å²) >= 11 is 1.14. The van der Waals surface area contributed by atoms with Gasteiger partial charge in [-0.3, -0.25) is 10.1 Å². The van der Waals surface area contributed by atoms with Gasteiger partial charge < -0.3 is 4.74 Å². The molecule has 1 N–H and O–H groups in total. The maximum atomic E-state index is 12.9. The molecule has 3 aromatic rings. The topological polar surface area (TPSA) is 51.2 Å². The van der Waals surface area contributed by atoms with Crippen molar-refractivity contribution in [2.24, 2.45) is 0 Å². The van der Waals surface area contributed by atoms with Crippen LogP contribution in [0.3, 0.4) is 0 Å². The Hall–Kier alpha value is -2.87. The summed E-state index contributed by atoms with van der Waals surface area (Å²) in [4.78, 5) is 16.3. The molecule has 0 saturated heterocycles. The number of thiazole rings is 1. The fraction of sp³-hybridized carbons (Fsp3) is 0.0588. The number of aromatic nitrogens is 1. The number of carbonyl (C=O) groups is 1. The van der Waals surface area contributed by atoms with Gasteiger partial charge in [-0.1, -0.05) is 12.1 Å². The monoisotopic (exact) mass is 364 g/mol. The Morgan fingerprint density at radius 2 is 1.84 bits per heavy atom. The Balaban J connectivity index is 1.79. The van der Waals surface area contributed by atoms with Crippen molar-refractivity contribution in [1.82, 2.24) is 4.98 Å². The summed E-state index contributed by atoms with van der Waals surface area (Å²) in [5.41, 5.74) is 1.07. The van der Waals surface area contributed by atoms with Gasteiger partial charge in [0.2, 0.25) is 0 Å². The third-order valence-electron chi connectivity index (χ3n) is 3.21. The number of rotatable bonds is 5. The van der Waals surface area contributed by atoms with E-state index in [9.17, 15) is 18.0 Å². The van der Waals surface area contributed by atoms with Crippen LogP contribution in [0.1, 0.15) is 10.4 Å². The summed E-state index contributed by atoms with van der Waals surface area (Å²) in [6.07, 6.45) is 0. The van der Waals surface area contributed by atoms with Gasteiger partial charge >= 0.3 is 6.61 Å². The van der Waals surface area contributed by atoms with Crippen LogP contribution >= 0.6 is 11.3 Å². The second-order valence-corrected chi connectivity index (χ2v) is 5.73. The van der Waals surface area contributed by atoms with E-state index < -0.39 is 18.3 Å². The Labute approximate surface area is 144 Å². The number of hydrogen-bond acceptors (Lipinski definition) is 4. The molecule has 1 heterocycles. The van der Waals surface area contributed by atoms with E-state index in [2.05, 4.69) is 15.0 Å². The molecule has 2 aromatic carbocycles. The zero-order valence-electron chi connectivity index (χ0n) is 12.6. The van der Waals surface area contributed by atoms with Crippen LogP contribution in [-0.4, -0.2) is 17.5 Å². The Kier molecular flexibility index (Phi) is 4.99. The Morgan fingerprint density at radius 1 is 1.12 bits per heavy atom. The van der Waals surface area contributed by atoms with Crippen molar-refractivity contribution in [2.45, 2.75) is 6.61 Å². The molecular formula is C17H11F3N2O2S. The first kappa shape index (κ1) is 17.0. The molecule has 4 nitrogen and oxygen atoms in total. The molecule has 0 saturated carbocycles. The van der Waals surface area contributed by atoms with E-state index in [-0.39, 0.29) is 16.4 Å². The standard InChI is InChI=1S/C17H11F3N2O2S/c18-11-7-5-10(6-8-11)15(23)22-17-21-13(9-25-17)12-3-1-2-4-14(12)24-16(19)20/h1-9,16H,(H,21,22,23). The van der Waals surface area contributed by atoms with Crippen LogP contribution in [0.15, 0.2) is 53.9 Å². The van der Waals surface area contributed by atoms with Gasteiger partial charge in [0.1, 0.15) is 11.6 Å². The molecule has 1 amide bonds. The molecular weight excluding hydrogens is 353 g/mol. The molecule has 0 unspecified atom stereocenters. The summed E-state index contributed by atoms with van der Waals surface area (Å²) in [5.74, 6) is -0.888. The van der Waals surface area contributed by atoms with Crippen molar-refractivity contribution in [3.8, 4) is 17.0 Å². The number of nitrogens with zero attached hydrogens (tertiary/aromatic N) is 1. The van der Waals surface area contributed by atoms with Gasteiger partial charge in [-0.05, 0) is 36.4 Å². The molecule has 8 heteroatoms. The van der Waals surface area contributed by atoms with E-state index >= 15 is 0 Å². The van der Waals surface area contributed by atoms with E-state index in [1.54, 1.807) is 23.6 Å². The van der Waals surface area contributed by atoms with E-state index in [0.717, 1.165) is 11.3 Å². The second-order valence-electron chi connectivity index (χ2n) is 4.87. The first-order valence-corrected chi connectivity index (χ1v) is 7.97. The van der Waals surface area contributed by atoms with E-state index in [1.165, 1.54) is 30.3 Å². The normalized spacial score (nSPS) is 10.7. The Bertz CT molecular complexity index is 882. The number of benzene rings is 2. The van der Waals surface area contributed by atoms with Crippen LogP contribution in [0.4, 0.5) is 18.3 Å². The molecule has 128 valence electrons. The highest BCUT2D eigenvalue weighted by atomic mass is 32.1. The van der Waals surface area contributed by atoms with Gasteiger partial charge in [0.25, 0.3) is 5.91 Å². The lowest BCUT2D eigenvalue weighted by molar-refractivity contribution is -0.0494. The summed E-state index contributed by atoms with van der Waals surface area (Å²) in [6, 6.07) is 11.3. The number of nitrogens with one attached hydrogen (secondary N) is 1. The van der Waals surface area contributed by atoms with Gasteiger partial charge in [0.15, 0.2) is 5.13 Å². The third-order valence-corrected chi connectivity index (χ3v) is 3.97. The molecule has 0 fully saturated rings. The molecule has 25 heavy (non-hydrogen) atoms. The number of alkyl halides is 2. The number of halogens is 3. The number of hydrogen-bond donors (Lipinski definition) is 1. The number of para-hydroxylation sites is 1. The largest absolute Gasteiger partial charge is 0.434 e. The highest BCUT2D eigenvalue weighted by Crippen LogP contribution is 2.33. The van der Waals surface area contributed by atoms with Crippen molar-refractivity contribution < 1.29 is 22.7 Å². The zero-order chi connectivity index (χ0) is 17.8.